The molecular formula is C19H14F3NO4. The predicted molar refractivity (Wildman–Crippen MR) is 90.1 cm³/mol. The summed E-state index contributed by atoms with van der Waals surface area (Å²) in [6.45, 7) is 2.39. The zero-order chi connectivity index (χ0) is 19.9. The van der Waals surface area contributed by atoms with Gasteiger partial charge in [-0.25, -0.2) is 22.9 Å². The molecule has 27 heavy (non-hydrogen) atoms. The topological polar surface area (TPSA) is 79.7 Å². The van der Waals surface area contributed by atoms with Gasteiger partial charge in [-0.1, -0.05) is 6.07 Å². The maximum Gasteiger partial charge on any atom is 0.340 e. The van der Waals surface area contributed by atoms with Crippen molar-refractivity contribution in [1.29, 1.82) is 0 Å². The molecule has 0 bridgehead atoms. The number of aryl methyl sites for hydroxylation is 1. The molecule has 0 aliphatic carbocycles. The van der Waals surface area contributed by atoms with Gasteiger partial charge in [-0.15, -0.1) is 0 Å². The largest absolute Gasteiger partial charge is 0.479 e. The molecule has 3 aromatic rings. The maximum atomic E-state index is 14.2. The van der Waals surface area contributed by atoms with E-state index in [2.05, 4.69) is 4.98 Å². The number of halogens is 3. The number of rotatable bonds is 4. The van der Waals surface area contributed by atoms with Crippen molar-refractivity contribution < 1.29 is 32.9 Å². The predicted octanol–water partition coefficient (Wildman–Crippen LogP) is 4.04. The molecule has 0 aliphatic heterocycles. The Morgan fingerprint density at radius 1 is 1.11 bits per heavy atom. The number of pyridine rings is 1. The molecule has 0 spiro atoms. The molecule has 0 radical (unpaired) electrons. The van der Waals surface area contributed by atoms with E-state index in [1.807, 2.05) is 0 Å². The van der Waals surface area contributed by atoms with Gasteiger partial charge in [-0.2, -0.15) is 0 Å². The van der Waals surface area contributed by atoms with Crippen molar-refractivity contribution in [3.63, 3.8) is 0 Å². The molecule has 2 N–H and O–H groups in total. The Hall–Kier alpha value is -3.13. The lowest BCUT2D eigenvalue weighted by atomic mass is 9.94. The minimum atomic E-state index is -2.55. The number of benzene rings is 2. The first-order valence-electron chi connectivity index (χ1n) is 7.81. The van der Waals surface area contributed by atoms with Crippen molar-refractivity contribution in [2.45, 2.75) is 19.4 Å². The second-order valence-corrected chi connectivity index (χ2v) is 6.10. The Bertz CT molecular complexity index is 1070. The van der Waals surface area contributed by atoms with Crippen LogP contribution in [0.5, 0.6) is 11.5 Å². The summed E-state index contributed by atoms with van der Waals surface area (Å²) >= 11 is 0. The number of hydrogen-bond acceptors (Lipinski definition) is 4. The van der Waals surface area contributed by atoms with Gasteiger partial charge < -0.3 is 14.9 Å². The van der Waals surface area contributed by atoms with Crippen LogP contribution in [0.3, 0.4) is 0 Å². The zero-order valence-corrected chi connectivity index (χ0v) is 14.3. The molecule has 0 saturated heterocycles. The van der Waals surface area contributed by atoms with Crippen molar-refractivity contribution in [2.75, 3.05) is 0 Å². The molecule has 140 valence electrons. The average molecular weight is 377 g/mol. The fourth-order valence-electron chi connectivity index (χ4n) is 2.64. The molecule has 0 saturated carbocycles. The van der Waals surface area contributed by atoms with E-state index in [1.54, 1.807) is 0 Å². The standard InChI is InChI=1S/C19H14F3NO4/c1-9-14(8-10-6-7-12(21)16(22)17(10)23-9)27-13-5-3-4-11(20)15(13)19(2,26)18(24)25/h3-8,26H,1-2H3,(H,24,25). The minimum absolute atomic E-state index is 0.0709. The highest BCUT2D eigenvalue weighted by Crippen LogP contribution is 2.37. The van der Waals surface area contributed by atoms with Gasteiger partial charge >= 0.3 is 5.97 Å². The van der Waals surface area contributed by atoms with Crippen molar-refractivity contribution in [2.24, 2.45) is 0 Å². The van der Waals surface area contributed by atoms with Crippen molar-refractivity contribution in [1.82, 2.24) is 4.98 Å². The van der Waals surface area contributed by atoms with E-state index < -0.39 is 34.6 Å². The molecule has 0 aliphatic rings. The van der Waals surface area contributed by atoms with Crippen LogP contribution < -0.4 is 4.74 Å². The van der Waals surface area contributed by atoms with Gasteiger partial charge in [-0.3, -0.25) is 0 Å². The normalized spacial score (nSPS) is 13.4. The third-order valence-corrected chi connectivity index (χ3v) is 4.12. The van der Waals surface area contributed by atoms with Crippen LogP contribution in [0, 0.1) is 24.4 Å². The quantitative estimate of drug-likeness (QED) is 0.717. The first kappa shape index (κ1) is 18.7. The Morgan fingerprint density at radius 2 is 1.81 bits per heavy atom. The van der Waals surface area contributed by atoms with Crippen LogP contribution in [0.25, 0.3) is 10.9 Å². The molecule has 1 unspecified atom stereocenters. The fourth-order valence-corrected chi connectivity index (χ4v) is 2.64. The van der Waals surface area contributed by atoms with Crippen LogP contribution in [0.15, 0.2) is 36.4 Å². The van der Waals surface area contributed by atoms with Crippen molar-refractivity contribution in [3.8, 4) is 11.5 Å². The molecule has 1 aromatic heterocycles. The number of carbonyl (C=O) groups is 1. The van der Waals surface area contributed by atoms with Crippen LogP contribution in [-0.2, 0) is 10.4 Å². The Morgan fingerprint density at radius 3 is 2.48 bits per heavy atom. The van der Waals surface area contributed by atoms with E-state index in [4.69, 9.17) is 4.74 Å². The fraction of sp³-hybridized carbons (Fsp3) is 0.158. The molecule has 0 amide bonds. The zero-order valence-electron chi connectivity index (χ0n) is 14.3. The minimum Gasteiger partial charge on any atom is -0.479 e. The number of nitrogens with zero attached hydrogens (tertiary/aromatic N) is 1. The van der Waals surface area contributed by atoms with Crippen molar-refractivity contribution in [3.05, 3.63) is 65.1 Å². The molecule has 1 atom stereocenters. The number of carboxylic acids is 1. The highest BCUT2D eigenvalue weighted by atomic mass is 19.2. The summed E-state index contributed by atoms with van der Waals surface area (Å²) in [6, 6.07) is 7.15. The van der Waals surface area contributed by atoms with Crippen LogP contribution in [0.2, 0.25) is 0 Å². The lowest BCUT2D eigenvalue weighted by molar-refractivity contribution is -0.158. The van der Waals surface area contributed by atoms with E-state index in [9.17, 15) is 28.2 Å². The summed E-state index contributed by atoms with van der Waals surface area (Å²) in [7, 11) is 0. The molecule has 1 heterocycles. The Labute approximate surface area is 151 Å². The number of aliphatic carboxylic acids is 1. The highest BCUT2D eigenvalue weighted by Gasteiger charge is 2.38. The Kier molecular flexibility index (Phi) is 4.52. The number of aliphatic hydroxyl groups is 1. The summed E-state index contributed by atoms with van der Waals surface area (Å²) in [4.78, 5) is 15.3. The van der Waals surface area contributed by atoms with Gasteiger partial charge in [-0.05, 0) is 44.2 Å². The van der Waals surface area contributed by atoms with Crippen molar-refractivity contribution >= 4 is 16.9 Å². The lowest BCUT2D eigenvalue weighted by Crippen LogP contribution is -2.33. The monoisotopic (exact) mass is 377 g/mol. The first-order valence-corrected chi connectivity index (χ1v) is 7.81. The number of aromatic nitrogens is 1. The second kappa shape index (κ2) is 6.55. The van der Waals surface area contributed by atoms with Crippen LogP contribution in [0.4, 0.5) is 13.2 Å². The van der Waals surface area contributed by atoms with E-state index in [1.165, 1.54) is 31.2 Å². The summed E-state index contributed by atoms with van der Waals surface area (Å²) in [5.41, 5.74) is -3.15. The second-order valence-electron chi connectivity index (χ2n) is 6.10. The molecular weight excluding hydrogens is 363 g/mol. The summed E-state index contributed by atoms with van der Waals surface area (Å²) in [5, 5.41) is 19.6. The SMILES string of the molecule is Cc1nc2c(F)c(F)ccc2cc1Oc1cccc(F)c1C(C)(O)C(=O)O. The Balaban J connectivity index is 2.14. The van der Waals surface area contributed by atoms with Gasteiger partial charge in [0.25, 0.3) is 0 Å². The van der Waals surface area contributed by atoms with Crippen LogP contribution in [-0.4, -0.2) is 21.2 Å². The summed E-state index contributed by atoms with van der Waals surface area (Å²) < 4.78 is 47.1. The molecule has 2 aromatic carbocycles. The number of ether oxygens (including phenoxy) is 1. The number of fused-ring (bicyclic) bond motifs is 1. The third kappa shape index (κ3) is 3.19. The van der Waals surface area contributed by atoms with Gasteiger partial charge in [0, 0.05) is 5.39 Å². The molecule has 0 fully saturated rings. The molecule has 3 rings (SSSR count). The van der Waals surface area contributed by atoms with E-state index in [-0.39, 0.29) is 28.1 Å². The number of hydrogen-bond donors (Lipinski definition) is 2. The highest BCUT2D eigenvalue weighted by molar-refractivity contribution is 5.82. The number of carboxylic acid groups (broad SMARTS) is 1. The molecule has 5 nitrogen and oxygen atoms in total. The lowest BCUT2D eigenvalue weighted by Gasteiger charge is -2.22. The average Bonchev–Trinajstić information content (AvgIpc) is 2.59. The van der Waals surface area contributed by atoms with Gasteiger partial charge in [0.05, 0.1) is 11.3 Å². The third-order valence-electron chi connectivity index (χ3n) is 4.12. The molecule has 8 heteroatoms. The first-order chi connectivity index (χ1) is 12.6. The maximum absolute atomic E-state index is 14.2. The summed E-state index contributed by atoms with van der Waals surface area (Å²) in [6.07, 6.45) is 0. The van der Waals surface area contributed by atoms with Crippen LogP contribution >= 0.6 is 0 Å². The van der Waals surface area contributed by atoms with Gasteiger partial charge in [0.15, 0.2) is 17.2 Å². The van der Waals surface area contributed by atoms with E-state index in [0.717, 1.165) is 19.1 Å². The van der Waals surface area contributed by atoms with E-state index in [0.29, 0.717) is 0 Å². The summed E-state index contributed by atoms with van der Waals surface area (Å²) in [5.74, 6) is -4.96. The van der Waals surface area contributed by atoms with E-state index >= 15 is 0 Å². The van der Waals surface area contributed by atoms with Gasteiger partial charge in [0.2, 0.25) is 0 Å². The smallest absolute Gasteiger partial charge is 0.340 e. The van der Waals surface area contributed by atoms with Gasteiger partial charge in [0.1, 0.15) is 22.8 Å². The van der Waals surface area contributed by atoms with Crippen LogP contribution in [0.1, 0.15) is 18.2 Å².